The van der Waals surface area contributed by atoms with Crippen molar-refractivity contribution in [3.63, 3.8) is 0 Å². The van der Waals surface area contributed by atoms with Crippen LogP contribution in [-0.2, 0) is 11.3 Å². The second-order valence-corrected chi connectivity index (χ2v) is 4.10. The highest BCUT2D eigenvalue weighted by molar-refractivity contribution is 5.35. The van der Waals surface area contributed by atoms with E-state index in [-0.39, 0.29) is 5.82 Å². The van der Waals surface area contributed by atoms with Crippen LogP contribution >= 0.6 is 0 Å². The summed E-state index contributed by atoms with van der Waals surface area (Å²) in [4.78, 5) is 4.50. The third-order valence-corrected chi connectivity index (χ3v) is 2.70. The molecular weight excluding hydrogens is 209 g/mol. The molecule has 1 saturated carbocycles. The summed E-state index contributed by atoms with van der Waals surface area (Å²) >= 11 is 0. The fourth-order valence-corrected chi connectivity index (χ4v) is 1.57. The minimum atomic E-state index is -0.310. The van der Waals surface area contributed by atoms with Gasteiger partial charge in [0.15, 0.2) is 11.6 Å². The quantitative estimate of drug-likeness (QED) is 0.753. The maximum absolute atomic E-state index is 13.6. The first-order chi connectivity index (χ1) is 7.81. The topological polar surface area (TPSA) is 44.5 Å². The zero-order valence-electron chi connectivity index (χ0n) is 9.12. The summed E-state index contributed by atoms with van der Waals surface area (Å²) in [6.45, 7) is 0.973. The van der Waals surface area contributed by atoms with Crippen LogP contribution in [0, 0.1) is 11.7 Å². The molecule has 3 nitrogen and oxygen atoms in total. The third kappa shape index (κ3) is 2.93. The molecule has 0 aliphatic heterocycles. The van der Waals surface area contributed by atoms with Crippen LogP contribution in [0.1, 0.15) is 18.4 Å². The van der Waals surface area contributed by atoms with Gasteiger partial charge in [0.1, 0.15) is 0 Å². The van der Waals surface area contributed by atoms with E-state index in [1.54, 1.807) is 6.07 Å². The summed E-state index contributed by atoms with van der Waals surface area (Å²) in [5, 5.41) is 0. The van der Waals surface area contributed by atoms with E-state index in [9.17, 15) is 4.39 Å². The molecule has 4 heteroatoms. The summed E-state index contributed by atoms with van der Waals surface area (Å²) in [5.74, 6) is 5.61. The molecule has 1 aromatic carbocycles. The summed E-state index contributed by atoms with van der Waals surface area (Å²) in [7, 11) is 0. The minimum absolute atomic E-state index is 0.310. The number of hydrogen-bond acceptors (Lipinski definition) is 3. The van der Waals surface area contributed by atoms with Crippen molar-refractivity contribution in [1.82, 2.24) is 0 Å². The number of hydrogen-bond donors (Lipinski definition) is 1. The van der Waals surface area contributed by atoms with Crippen LogP contribution in [0.5, 0.6) is 5.75 Å². The van der Waals surface area contributed by atoms with E-state index in [1.807, 2.05) is 6.07 Å². The fraction of sp³-hybridized carbons (Fsp3) is 0.500. The Balaban J connectivity index is 2.04. The monoisotopic (exact) mass is 225 g/mol. The molecule has 0 radical (unpaired) electrons. The molecule has 0 heterocycles. The van der Waals surface area contributed by atoms with Gasteiger partial charge in [-0.25, -0.2) is 10.3 Å². The molecule has 0 amide bonds. The van der Waals surface area contributed by atoms with Gasteiger partial charge in [-0.2, -0.15) is 0 Å². The van der Waals surface area contributed by atoms with E-state index >= 15 is 0 Å². The molecular formula is C12H16FNO2. The van der Waals surface area contributed by atoms with E-state index in [0.29, 0.717) is 31.3 Å². The van der Waals surface area contributed by atoms with Crippen LogP contribution in [0.4, 0.5) is 4.39 Å². The van der Waals surface area contributed by atoms with Crippen LogP contribution < -0.4 is 10.6 Å². The summed E-state index contributed by atoms with van der Waals surface area (Å²) < 4.78 is 19.1. The van der Waals surface area contributed by atoms with Crippen molar-refractivity contribution in [3.05, 3.63) is 29.6 Å². The first-order valence-corrected chi connectivity index (χ1v) is 5.53. The molecule has 1 aromatic rings. The molecule has 0 spiro atoms. The zero-order chi connectivity index (χ0) is 11.4. The summed E-state index contributed by atoms with van der Waals surface area (Å²) in [6.07, 6.45) is 2.94. The van der Waals surface area contributed by atoms with Crippen molar-refractivity contribution < 1.29 is 14.0 Å². The van der Waals surface area contributed by atoms with E-state index in [4.69, 9.17) is 10.6 Å². The van der Waals surface area contributed by atoms with Gasteiger partial charge in [-0.3, -0.25) is 0 Å². The molecule has 1 aliphatic carbocycles. The Labute approximate surface area is 94.3 Å². The Hall–Kier alpha value is -1.13. The number of halogens is 1. The Kier molecular flexibility index (Phi) is 3.74. The van der Waals surface area contributed by atoms with Crippen LogP contribution in [0.3, 0.4) is 0 Å². The Morgan fingerprint density at radius 1 is 1.38 bits per heavy atom. The Morgan fingerprint density at radius 2 is 2.19 bits per heavy atom. The molecule has 1 fully saturated rings. The maximum Gasteiger partial charge on any atom is 0.165 e. The molecule has 16 heavy (non-hydrogen) atoms. The average molecular weight is 225 g/mol. The lowest BCUT2D eigenvalue weighted by atomic mass is 10.1. The van der Waals surface area contributed by atoms with Gasteiger partial charge in [-0.05, 0) is 30.4 Å². The van der Waals surface area contributed by atoms with Crippen molar-refractivity contribution in [3.8, 4) is 5.75 Å². The third-order valence-electron chi connectivity index (χ3n) is 2.70. The number of ether oxygens (including phenoxy) is 1. The second kappa shape index (κ2) is 5.27. The van der Waals surface area contributed by atoms with Crippen LogP contribution in [-0.4, -0.2) is 13.2 Å². The van der Waals surface area contributed by atoms with Gasteiger partial charge in [-0.15, -0.1) is 0 Å². The molecule has 2 rings (SSSR count). The molecule has 1 aliphatic rings. The molecule has 0 saturated heterocycles. The predicted molar refractivity (Wildman–Crippen MR) is 58.5 cm³/mol. The maximum atomic E-state index is 13.6. The smallest absolute Gasteiger partial charge is 0.165 e. The molecule has 0 bridgehead atoms. The standard InChI is InChI=1S/C12H16FNO2/c13-11-3-1-2-10(6-7-16-14)12(11)15-8-9-4-5-9/h1-3,9H,4-8,14H2. The van der Waals surface area contributed by atoms with Gasteiger partial charge >= 0.3 is 0 Å². The van der Waals surface area contributed by atoms with Gasteiger partial charge in [0.2, 0.25) is 0 Å². The first kappa shape index (κ1) is 11.4. The molecule has 2 N–H and O–H groups in total. The average Bonchev–Trinajstić information content (AvgIpc) is 3.09. The van der Waals surface area contributed by atoms with Crippen LogP contribution in [0.15, 0.2) is 18.2 Å². The number of para-hydroxylation sites is 1. The molecule has 0 unspecified atom stereocenters. The number of benzene rings is 1. The van der Waals surface area contributed by atoms with Crippen molar-refractivity contribution in [2.45, 2.75) is 19.3 Å². The highest BCUT2D eigenvalue weighted by atomic mass is 19.1. The minimum Gasteiger partial charge on any atom is -0.490 e. The zero-order valence-corrected chi connectivity index (χ0v) is 9.12. The van der Waals surface area contributed by atoms with E-state index in [2.05, 4.69) is 4.84 Å². The first-order valence-electron chi connectivity index (χ1n) is 5.53. The van der Waals surface area contributed by atoms with Crippen molar-refractivity contribution >= 4 is 0 Å². The van der Waals surface area contributed by atoms with Gasteiger partial charge in [0, 0.05) is 6.42 Å². The van der Waals surface area contributed by atoms with E-state index in [1.165, 1.54) is 18.9 Å². The lowest BCUT2D eigenvalue weighted by molar-refractivity contribution is 0.140. The van der Waals surface area contributed by atoms with Gasteiger partial charge in [0.05, 0.1) is 13.2 Å². The Morgan fingerprint density at radius 3 is 2.88 bits per heavy atom. The number of nitrogens with two attached hydrogens (primary N) is 1. The fourth-order valence-electron chi connectivity index (χ4n) is 1.57. The van der Waals surface area contributed by atoms with Crippen LogP contribution in [0.25, 0.3) is 0 Å². The second-order valence-electron chi connectivity index (χ2n) is 4.10. The van der Waals surface area contributed by atoms with E-state index in [0.717, 1.165) is 5.56 Å². The van der Waals surface area contributed by atoms with Crippen molar-refractivity contribution in [1.29, 1.82) is 0 Å². The van der Waals surface area contributed by atoms with Crippen molar-refractivity contribution in [2.24, 2.45) is 11.8 Å². The lowest BCUT2D eigenvalue weighted by Gasteiger charge is -2.11. The van der Waals surface area contributed by atoms with Crippen molar-refractivity contribution in [2.75, 3.05) is 13.2 Å². The predicted octanol–water partition coefficient (Wildman–Crippen LogP) is 2.05. The van der Waals surface area contributed by atoms with Crippen LogP contribution in [0.2, 0.25) is 0 Å². The summed E-state index contributed by atoms with van der Waals surface area (Å²) in [5.41, 5.74) is 0.811. The largest absolute Gasteiger partial charge is 0.490 e. The molecule has 88 valence electrons. The highest BCUT2D eigenvalue weighted by Crippen LogP contribution is 2.31. The van der Waals surface area contributed by atoms with Gasteiger partial charge < -0.3 is 9.57 Å². The van der Waals surface area contributed by atoms with Gasteiger partial charge in [0.25, 0.3) is 0 Å². The highest BCUT2D eigenvalue weighted by Gasteiger charge is 2.23. The summed E-state index contributed by atoms with van der Waals surface area (Å²) in [6, 6.07) is 4.92. The molecule has 0 aromatic heterocycles. The Bertz CT molecular complexity index is 353. The number of rotatable bonds is 6. The normalized spacial score (nSPS) is 15.1. The van der Waals surface area contributed by atoms with E-state index < -0.39 is 0 Å². The molecule has 0 atom stereocenters. The van der Waals surface area contributed by atoms with Gasteiger partial charge in [-0.1, -0.05) is 12.1 Å². The SMILES string of the molecule is NOCCc1cccc(F)c1OCC1CC1. The lowest BCUT2D eigenvalue weighted by Crippen LogP contribution is -2.08.